The summed E-state index contributed by atoms with van der Waals surface area (Å²) >= 11 is 6.70. The van der Waals surface area contributed by atoms with Crippen molar-refractivity contribution in [1.82, 2.24) is 0 Å². The smallest absolute Gasteiger partial charge is 0.173 e. The molecular formula is C28H53ClO2Si3. The molecule has 1 aliphatic rings. The summed E-state index contributed by atoms with van der Waals surface area (Å²) < 4.78 is 12.9. The minimum atomic E-state index is -1.62. The number of halogens is 1. The standard InChI is InChI=1S/C28H53ClO2Si3/c1-9-13-24-14-16-25(17-15-24)27-19-18-26(22-28(27)29)30-20-11-10-12-21-34(8,23-32(2,3)4)31-33(5,6)7/h18-19,22,24-25H,9-17,20-21,23H2,1-8H3. The van der Waals surface area contributed by atoms with Gasteiger partial charge in [0, 0.05) is 13.1 Å². The Labute approximate surface area is 219 Å². The highest BCUT2D eigenvalue weighted by atomic mass is 35.5. The second-order valence-corrected chi connectivity index (χ2v) is 28.6. The normalized spacial score (nSPS) is 21.3. The highest BCUT2D eigenvalue weighted by Crippen LogP contribution is 2.40. The quantitative estimate of drug-likeness (QED) is 0.172. The van der Waals surface area contributed by atoms with Crippen molar-refractivity contribution in [3.63, 3.8) is 0 Å². The molecule has 0 heterocycles. The molecule has 0 bridgehead atoms. The lowest BCUT2D eigenvalue weighted by atomic mass is 9.77. The van der Waals surface area contributed by atoms with E-state index in [0.29, 0.717) is 5.92 Å². The topological polar surface area (TPSA) is 18.5 Å². The van der Waals surface area contributed by atoms with Gasteiger partial charge in [0.1, 0.15) is 5.75 Å². The molecule has 0 saturated heterocycles. The molecule has 0 amide bonds. The fourth-order valence-corrected chi connectivity index (χ4v) is 24.4. The van der Waals surface area contributed by atoms with Crippen LogP contribution in [0.3, 0.4) is 0 Å². The van der Waals surface area contributed by atoms with Gasteiger partial charge >= 0.3 is 0 Å². The summed E-state index contributed by atoms with van der Waals surface area (Å²) in [6.07, 6.45) is 11.6. The Morgan fingerprint density at radius 1 is 0.912 bits per heavy atom. The van der Waals surface area contributed by atoms with Crippen LogP contribution < -0.4 is 4.74 Å². The number of rotatable bonds is 14. The van der Waals surface area contributed by atoms with Crippen LogP contribution in [0.4, 0.5) is 0 Å². The molecule has 2 rings (SSSR count). The summed E-state index contributed by atoms with van der Waals surface area (Å²) in [5, 5.41) is 0.896. The lowest BCUT2D eigenvalue weighted by Gasteiger charge is -2.38. The molecule has 6 heteroatoms. The Hall–Kier alpha value is -0.0794. The van der Waals surface area contributed by atoms with Crippen LogP contribution in [0.2, 0.25) is 62.6 Å². The van der Waals surface area contributed by atoms with Gasteiger partial charge in [-0.1, -0.05) is 69.9 Å². The molecule has 1 aliphatic carbocycles. The van der Waals surface area contributed by atoms with Crippen LogP contribution in [0.5, 0.6) is 5.75 Å². The van der Waals surface area contributed by atoms with Crippen molar-refractivity contribution in [1.29, 1.82) is 0 Å². The molecule has 0 spiro atoms. The number of hydrogen-bond acceptors (Lipinski definition) is 2. The van der Waals surface area contributed by atoms with Crippen molar-refractivity contribution in [3.8, 4) is 5.75 Å². The highest BCUT2D eigenvalue weighted by Gasteiger charge is 2.37. The molecule has 0 aromatic heterocycles. The van der Waals surface area contributed by atoms with Gasteiger partial charge in [-0.3, -0.25) is 0 Å². The van der Waals surface area contributed by atoms with E-state index in [9.17, 15) is 0 Å². The molecule has 1 aromatic rings. The third kappa shape index (κ3) is 11.3. The van der Waals surface area contributed by atoms with Crippen molar-refractivity contribution in [2.75, 3.05) is 6.61 Å². The first-order chi connectivity index (χ1) is 15.8. The Morgan fingerprint density at radius 2 is 1.59 bits per heavy atom. The van der Waals surface area contributed by atoms with Crippen molar-refractivity contribution < 1.29 is 8.85 Å². The van der Waals surface area contributed by atoms with Gasteiger partial charge in [0.2, 0.25) is 0 Å². The number of benzene rings is 1. The van der Waals surface area contributed by atoms with Gasteiger partial charge < -0.3 is 8.85 Å². The van der Waals surface area contributed by atoms with Crippen LogP contribution >= 0.6 is 11.6 Å². The van der Waals surface area contributed by atoms with E-state index in [0.717, 1.165) is 29.7 Å². The molecule has 1 saturated carbocycles. The molecule has 2 nitrogen and oxygen atoms in total. The van der Waals surface area contributed by atoms with E-state index in [1.165, 1.54) is 68.6 Å². The van der Waals surface area contributed by atoms with E-state index in [1.54, 1.807) is 0 Å². The monoisotopic (exact) mass is 540 g/mol. The molecular weight excluding hydrogens is 488 g/mol. The van der Waals surface area contributed by atoms with Crippen LogP contribution in [0.25, 0.3) is 0 Å². The zero-order chi connectivity index (χ0) is 25.4. The summed E-state index contributed by atoms with van der Waals surface area (Å²) in [4.78, 5) is 0. The van der Waals surface area contributed by atoms with Crippen LogP contribution in [0.1, 0.15) is 76.2 Å². The average molecular weight is 541 g/mol. The number of unbranched alkanes of at least 4 members (excludes halogenated alkanes) is 2. The Bertz CT molecular complexity index is 718. The SMILES string of the molecule is CCCC1CCC(c2ccc(OCCCCC[Si](C)(C[Si](C)(C)C)O[Si](C)(C)C)cc2Cl)CC1. The fraction of sp³-hybridized carbons (Fsp3) is 0.786. The number of ether oxygens (including phenoxy) is 1. The summed E-state index contributed by atoms with van der Waals surface area (Å²) in [5.74, 6) is 2.48. The van der Waals surface area contributed by atoms with Crippen LogP contribution in [-0.2, 0) is 4.12 Å². The van der Waals surface area contributed by atoms with Gasteiger partial charge in [0.05, 0.1) is 6.61 Å². The molecule has 34 heavy (non-hydrogen) atoms. The summed E-state index contributed by atoms with van der Waals surface area (Å²) in [6.45, 7) is 20.1. The first kappa shape index (κ1) is 30.1. The van der Waals surface area contributed by atoms with Crippen molar-refractivity contribution >= 4 is 36.3 Å². The van der Waals surface area contributed by atoms with Crippen molar-refractivity contribution in [2.45, 2.75) is 128 Å². The zero-order valence-electron chi connectivity index (χ0n) is 23.6. The largest absolute Gasteiger partial charge is 0.494 e. The second kappa shape index (κ2) is 13.5. The van der Waals surface area contributed by atoms with Gasteiger partial charge in [-0.05, 0) is 99.5 Å². The lowest BCUT2D eigenvalue weighted by molar-refractivity contribution is 0.303. The van der Waals surface area contributed by atoms with E-state index < -0.39 is 24.7 Å². The van der Waals surface area contributed by atoms with Gasteiger partial charge in [-0.25, -0.2) is 0 Å². The lowest BCUT2D eigenvalue weighted by Crippen LogP contribution is -2.49. The minimum absolute atomic E-state index is 0.627. The molecule has 1 atom stereocenters. The Balaban J connectivity index is 1.75. The molecule has 196 valence electrons. The molecule has 1 unspecified atom stereocenters. The molecule has 0 aliphatic heterocycles. The van der Waals surface area contributed by atoms with Crippen molar-refractivity contribution in [3.05, 3.63) is 28.8 Å². The van der Waals surface area contributed by atoms with E-state index in [1.807, 2.05) is 0 Å². The summed E-state index contributed by atoms with van der Waals surface area (Å²) in [7, 11) is -4.23. The first-order valence-electron chi connectivity index (χ1n) is 13.9. The maximum atomic E-state index is 6.84. The zero-order valence-corrected chi connectivity index (χ0v) is 27.3. The molecule has 0 radical (unpaired) electrons. The summed E-state index contributed by atoms with van der Waals surface area (Å²) in [6, 6.07) is 7.71. The van der Waals surface area contributed by atoms with E-state index >= 15 is 0 Å². The average Bonchev–Trinajstić information content (AvgIpc) is 2.69. The molecule has 1 fully saturated rings. The Morgan fingerprint density at radius 3 is 2.15 bits per heavy atom. The maximum absolute atomic E-state index is 6.84. The minimum Gasteiger partial charge on any atom is -0.494 e. The van der Waals surface area contributed by atoms with Crippen LogP contribution in [0.15, 0.2) is 18.2 Å². The fourth-order valence-electron chi connectivity index (χ4n) is 6.10. The number of hydrogen-bond donors (Lipinski definition) is 0. The van der Waals surface area contributed by atoms with Gasteiger partial charge in [0.15, 0.2) is 16.6 Å². The van der Waals surface area contributed by atoms with E-state index in [-0.39, 0.29) is 0 Å². The summed E-state index contributed by atoms with van der Waals surface area (Å²) in [5.41, 5.74) is 2.71. The third-order valence-electron chi connectivity index (χ3n) is 7.03. The maximum Gasteiger partial charge on any atom is 0.173 e. The van der Waals surface area contributed by atoms with Gasteiger partial charge in [-0.2, -0.15) is 0 Å². The predicted molar refractivity (Wildman–Crippen MR) is 159 cm³/mol. The van der Waals surface area contributed by atoms with Crippen molar-refractivity contribution in [2.24, 2.45) is 5.92 Å². The predicted octanol–water partition coefficient (Wildman–Crippen LogP) is 10.3. The first-order valence-corrected chi connectivity index (χ1v) is 24.2. The van der Waals surface area contributed by atoms with E-state index in [4.69, 9.17) is 20.5 Å². The Kier molecular flexibility index (Phi) is 11.9. The molecule has 0 N–H and O–H groups in total. The molecule has 1 aromatic carbocycles. The third-order valence-corrected chi connectivity index (χ3v) is 20.4. The van der Waals surface area contributed by atoms with Gasteiger partial charge in [-0.15, -0.1) is 0 Å². The second-order valence-electron chi connectivity index (χ2n) is 13.3. The van der Waals surface area contributed by atoms with Gasteiger partial charge in [0.25, 0.3) is 0 Å². The van der Waals surface area contributed by atoms with E-state index in [2.05, 4.69) is 71.0 Å². The van der Waals surface area contributed by atoms with Crippen LogP contribution in [0, 0.1) is 5.92 Å². The van der Waals surface area contributed by atoms with Crippen LogP contribution in [-0.4, -0.2) is 31.3 Å². The highest BCUT2D eigenvalue weighted by molar-refractivity contribution is 6.96.